The summed E-state index contributed by atoms with van der Waals surface area (Å²) in [6.45, 7) is 1.94. The van der Waals surface area contributed by atoms with Gasteiger partial charge in [-0.1, -0.05) is 0 Å². The maximum Gasteiger partial charge on any atom is 0.424 e. The second-order valence-electron chi connectivity index (χ2n) is 1.26. The molecule has 0 rings (SSSR count). The zero-order valence-electron chi connectivity index (χ0n) is 6.31. The highest BCUT2D eigenvalue weighted by Crippen LogP contribution is 2.07. The highest BCUT2D eigenvalue weighted by Gasteiger charge is 1.95. The number of hydrogen-bond acceptors (Lipinski definition) is 4. The molecule has 4 nitrogen and oxygen atoms in total. The third-order valence-electron chi connectivity index (χ3n) is 0.564. The molecule has 0 fully saturated rings. The third kappa shape index (κ3) is 11.1. The minimum Gasteiger partial charge on any atom is -0.434 e. The lowest BCUT2D eigenvalue weighted by Gasteiger charge is -2.00. The van der Waals surface area contributed by atoms with Gasteiger partial charge >= 0.3 is 20.0 Å². The Morgan fingerprint density at radius 2 is 2.42 bits per heavy atom. The van der Waals surface area contributed by atoms with E-state index in [-0.39, 0.29) is 19.8 Å². The standard InChI is InChI=1S/C2H7FNO3PSi4/c1-9-7-12-6-8-2-10-5-4-11-3/h4,8H,2H2,1H3. The predicted octanol–water partition coefficient (Wildman–Crippen LogP) is -0.584. The summed E-state index contributed by atoms with van der Waals surface area (Å²) in [7, 11) is 0.361. The van der Waals surface area contributed by atoms with Crippen LogP contribution in [0.15, 0.2) is 0 Å². The molecule has 8 radical (unpaired) electrons. The molecule has 1 atom stereocenters. The van der Waals surface area contributed by atoms with Crippen molar-refractivity contribution in [2.45, 2.75) is 6.55 Å². The quantitative estimate of drug-likeness (QED) is 0.197. The summed E-state index contributed by atoms with van der Waals surface area (Å²) >= 11 is 0. The number of hydrogen-bond donors (Lipinski definition) is 1. The molecule has 0 aliphatic carbocycles. The fraction of sp³-hybridized carbons (Fsp3) is 1.00. The Morgan fingerprint density at radius 3 is 3.08 bits per heavy atom. The van der Waals surface area contributed by atoms with Gasteiger partial charge in [-0.2, -0.15) is 0 Å². The van der Waals surface area contributed by atoms with Crippen molar-refractivity contribution in [1.29, 1.82) is 0 Å². The lowest BCUT2D eigenvalue weighted by Crippen LogP contribution is -2.19. The second kappa shape index (κ2) is 12.1. The summed E-state index contributed by atoms with van der Waals surface area (Å²) in [6.07, 6.45) is 0. The Labute approximate surface area is 83.2 Å². The van der Waals surface area contributed by atoms with Crippen LogP contribution in [0.3, 0.4) is 0 Å². The van der Waals surface area contributed by atoms with Crippen molar-refractivity contribution in [2.75, 3.05) is 5.79 Å². The molecule has 1 unspecified atom stereocenters. The largest absolute Gasteiger partial charge is 0.434 e. The average Bonchev–Trinajstić information content (AvgIpc) is 2.10. The maximum atomic E-state index is 11.4. The number of halogens is 1. The van der Waals surface area contributed by atoms with Crippen molar-refractivity contribution < 1.29 is 17.0 Å². The first-order valence-electron chi connectivity index (χ1n) is 2.87. The molecule has 66 valence electrons. The van der Waals surface area contributed by atoms with E-state index in [4.69, 9.17) is 12.9 Å². The topological polar surface area (TPSA) is 39.7 Å². The molecule has 0 aliphatic heterocycles. The summed E-state index contributed by atoms with van der Waals surface area (Å²) in [6, 6.07) is 0. The minimum atomic E-state index is -0.855. The molecule has 0 saturated carbocycles. The average molecular weight is 255 g/mol. The number of nitrogens with one attached hydrogen (secondary N) is 1. The highest BCUT2D eigenvalue weighted by atomic mass is 31.1. The van der Waals surface area contributed by atoms with Gasteiger partial charge in [-0.05, 0) is 6.55 Å². The van der Waals surface area contributed by atoms with Crippen molar-refractivity contribution >= 4 is 48.4 Å². The van der Waals surface area contributed by atoms with Crippen LogP contribution in [0.1, 0.15) is 0 Å². The summed E-state index contributed by atoms with van der Waals surface area (Å²) in [5.74, 6) is 0.792. The SMILES string of the molecule is C[Si]O[Si]OPC[Si]ON[Si]F. The second-order valence-corrected chi connectivity index (χ2v) is 6.05. The molecule has 0 heterocycles. The van der Waals surface area contributed by atoms with Crippen molar-refractivity contribution in [2.24, 2.45) is 0 Å². The van der Waals surface area contributed by atoms with Crippen molar-refractivity contribution in [3.05, 3.63) is 0 Å². The summed E-state index contributed by atoms with van der Waals surface area (Å²) in [4.78, 5) is 0. The molecule has 0 bridgehead atoms. The predicted molar refractivity (Wildman–Crippen MR) is 49.6 cm³/mol. The lowest BCUT2D eigenvalue weighted by atomic mass is 11.9. The molecule has 10 heteroatoms. The maximum absolute atomic E-state index is 11.4. The molecule has 0 aromatic carbocycles. The third-order valence-corrected chi connectivity index (χ3v) is 4.41. The Hall–Kier alpha value is 1.07. The van der Waals surface area contributed by atoms with Crippen LogP contribution in [-0.2, 0) is 12.9 Å². The monoisotopic (exact) mass is 255 g/mol. The molecule has 12 heavy (non-hydrogen) atoms. The Bertz CT molecular complexity index is 84.7. The van der Waals surface area contributed by atoms with Crippen LogP contribution in [0.25, 0.3) is 0 Å². The molecule has 0 aromatic heterocycles. The first kappa shape index (κ1) is 13.1. The van der Waals surface area contributed by atoms with Gasteiger partial charge in [-0.3, -0.25) is 4.11 Å². The molecule has 1 N–H and O–H groups in total. The zero-order valence-corrected chi connectivity index (χ0v) is 11.3. The van der Waals surface area contributed by atoms with Crippen LogP contribution in [-0.4, -0.2) is 45.3 Å². The van der Waals surface area contributed by atoms with E-state index in [1.54, 1.807) is 0 Å². The van der Waals surface area contributed by atoms with Gasteiger partial charge in [-0.25, -0.2) is 5.15 Å². The zero-order chi connectivity index (χ0) is 9.07. The fourth-order valence-corrected chi connectivity index (χ4v) is 3.27. The molecule has 0 aliphatic rings. The Kier molecular flexibility index (Phi) is 13.1. The van der Waals surface area contributed by atoms with Crippen LogP contribution < -0.4 is 5.15 Å². The van der Waals surface area contributed by atoms with Gasteiger partial charge in [0.05, 0.1) is 0 Å². The van der Waals surface area contributed by atoms with Crippen LogP contribution in [0.4, 0.5) is 4.11 Å². The van der Waals surface area contributed by atoms with E-state index in [1.165, 1.54) is 0 Å². The van der Waals surface area contributed by atoms with Crippen LogP contribution in [0.5, 0.6) is 0 Å². The van der Waals surface area contributed by atoms with Crippen LogP contribution in [0, 0.1) is 0 Å². The van der Waals surface area contributed by atoms with E-state index >= 15 is 0 Å². The van der Waals surface area contributed by atoms with Gasteiger partial charge in [0.1, 0.15) is 0 Å². The van der Waals surface area contributed by atoms with E-state index < -0.39 is 10.0 Å². The Balaban J connectivity index is 2.73. The highest BCUT2D eigenvalue weighted by molar-refractivity contribution is 7.36. The van der Waals surface area contributed by atoms with Crippen molar-refractivity contribution in [3.63, 3.8) is 0 Å². The van der Waals surface area contributed by atoms with Gasteiger partial charge in [0, 0.05) is 14.6 Å². The normalized spacial score (nSPS) is 11.5. The van der Waals surface area contributed by atoms with Crippen molar-refractivity contribution in [3.8, 4) is 0 Å². The van der Waals surface area contributed by atoms with Gasteiger partial charge in [0.25, 0.3) is 9.76 Å². The minimum absolute atomic E-state index is 0.125. The van der Waals surface area contributed by atoms with E-state index in [0.29, 0.717) is 18.6 Å². The van der Waals surface area contributed by atoms with E-state index in [2.05, 4.69) is 5.15 Å². The molecule has 0 saturated heterocycles. The van der Waals surface area contributed by atoms with Gasteiger partial charge in [0.15, 0.2) is 0 Å². The first-order valence-corrected chi connectivity index (χ1v) is 8.20. The van der Waals surface area contributed by atoms with Gasteiger partial charge < -0.3 is 12.9 Å². The summed E-state index contributed by atoms with van der Waals surface area (Å²) in [5, 5.41) is 2.15. The smallest absolute Gasteiger partial charge is 0.424 e. The van der Waals surface area contributed by atoms with E-state index in [0.717, 1.165) is 5.79 Å². The molecule has 0 amide bonds. The molecule has 0 aromatic rings. The van der Waals surface area contributed by atoms with Crippen LogP contribution >= 0.6 is 8.81 Å². The van der Waals surface area contributed by atoms with E-state index in [9.17, 15) is 4.11 Å². The molecular weight excluding hydrogens is 248 g/mol. The Morgan fingerprint density at radius 1 is 1.58 bits per heavy atom. The first-order chi connectivity index (χ1) is 5.91. The fourth-order valence-electron chi connectivity index (χ4n) is 0.249. The lowest BCUT2D eigenvalue weighted by molar-refractivity contribution is 0.283. The van der Waals surface area contributed by atoms with Gasteiger partial charge in [0.2, 0.25) is 9.76 Å². The molecule has 0 spiro atoms. The van der Waals surface area contributed by atoms with Crippen molar-refractivity contribution in [1.82, 2.24) is 5.15 Å². The molecular formula is C2H7FNO3PSi4. The van der Waals surface area contributed by atoms with Crippen LogP contribution in [0.2, 0.25) is 6.55 Å². The van der Waals surface area contributed by atoms with Gasteiger partial charge in [-0.15, -0.1) is 0 Å². The summed E-state index contributed by atoms with van der Waals surface area (Å²) < 4.78 is 26.2. The summed E-state index contributed by atoms with van der Waals surface area (Å²) in [5.41, 5.74) is 0. The van der Waals surface area contributed by atoms with E-state index in [1.807, 2.05) is 6.55 Å². The number of rotatable bonds is 9.